The summed E-state index contributed by atoms with van der Waals surface area (Å²) in [6, 6.07) is 5.57. The lowest BCUT2D eigenvalue weighted by molar-refractivity contribution is -0.121. The Balaban J connectivity index is 1.54. The number of benzene rings is 1. The molecule has 2 atom stereocenters. The highest BCUT2D eigenvalue weighted by Crippen LogP contribution is 2.26. The molecule has 2 aromatic rings. The van der Waals surface area contributed by atoms with Gasteiger partial charge in [-0.2, -0.15) is 0 Å². The van der Waals surface area contributed by atoms with Crippen LogP contribution in [0.2, 0.25) is 10.0 Å². The van der Waals surface area contributed by atoms with Gasteiger partial charge in [-0.1, -0.05) is 29.3 Å². The van der Waals surface area contributed by atoms with E-state index in [9.17, 15) is 4.79 Å². The van der Waals surface area contributed by atoms with E-state index in [4.69, 9.17) is 27.9 Å². The van der Waals surface area contributed by atoms with Crippen molar-refractivity contribution in [1.29, 1.82) is 0 Å². The fourth-order valence-corrected chi connectivity index (χ4v) is 4.26. The SMILES string of the molecule is C[C@@H]1CN(CC(=O)Nc2ncc(Cc3ccc(Cl)c(Cl)c3)s2)C[C@H](C)O1. The first-order chi connectivity index (χ1) is 12.4. The number of carbonyl (C=O) groups is 1. The summed E-state index contributed by atoms with van der Waals surface area (Å²) in [5.41, 5.74) is 1.05. The second-order valence-electron chi connectivity index (χ2n) is 6.56. The maximum absolute atomic E-state index is 12.3. The molecule has 26 heavy (non-hydrogen) atoms. The van der Waals surface area contributed by atoms with Crippen LogP contribution in [0.5, 0.6) is 0 Å². The first-order valence-corrected chi connectivity index (χ1v) is 10.0. The Morgan fingerprint density at radius 3 is 2.73 bits per heavy atom. The van der Waals surface area contributed by atoms with Crippen LogP contribution in [0.3, 0.4) is 0 Å². The number of anilines is 1. The van der Waals surface area contributed by atoms with Crippen molar-refractivity contribution in [2.45, 2.75) is 32.5 Å². The van der Waals surface area contributed by atoms with Gasteiger partial charge in [-0.15, -0.1) is 11.3 Å². The monoisotopic (exact) mass is 413 g/mol. The third-order valence-electron chi connectivity index (χ3n) is 4.02. The molecule has 1 aromatic carbocycles. The molecule has 1 aromatic heterocycles. The summed E-state index contributed by atoms with van der Waals surface area (Å²) in [4.78, 5) is 19.7. The Labute approximate surface area is 167 Å². The number of thiazole rings is 1. The lowest BCUT2D eigenvalue weighted by Crippen LogP contribution is -2.48. The van der Waals surface area contributed by atoms with E-state index in [1.165, 1.54) is 11.3 Å². The molecule has 1 aliphatic heterocycles. The van der Waals surface area contributed by atoms with Gasteiger partial charge in [-0.25, -0.2) is 4.98 Å². The standard InChI is InChI=1S/C18H21Cl2N3O2S/c1-11-8-23(9-12(2)25-11)10-17(24)22-18-21-7-14(26-18)5-13-3-4-15(19)16(20)6-13/h3-4,6-7,11-12H,5,8-10H2,1-2H3,(H,21,22,24)/t11-,12+. The van der Waals surface area contributed by atoms with Crippen molar-refractivity contribution < 1.29 is 9.53 Å². The lowest BCUT2D eigenvalue weighted by Gasteiger charge is -2.34. The van der Waals surface area contributed by atoms with Gasteiger partial charge in [-0.05, 0) is 31.5 Å². The highest BCUT2D eigenvalue weighted by atomic mass is 35.5. The summed E-state index contributed by atoms with van der Waals surface area (Å²) in [6.45, 7) is 5.92. The summed E-state index contributed by atoms with van der Waals surface area (Å²) >= 11 is 13.5. The van der Waals surface area contributed by atoms with E-state index in [0.717, 1.165) is 23.5 Å². The summed E-state index contributed by atoms with van der Waals surface area (Å²) in [7, 11) is 0. The molecule has 0 radical (unpaired) electrons. The van der Waals surface area contributed by atoms with E-state index in [2.05, 4.69) is 15.2 Å². The van der Waals surface area contributed by atoms with Gasteiger partial charge in [-0.3, -0.25) is 9.69 Å². The fraction of sp³-hybridized carbons (Fsp3) is 0.444. The van der Waals surface area contributed by atoms with Crippen LogP contribution in [0.4, 0.5) is 5.13 Å². The largest absolute Gasteiger partial charge is 0.373 e. The number of hydrogen-bond acceptors (Lipinski definition) is 5. The van der Waals surface area contributed by atoms with Crippen molar-refractivity contribution in [1.82, 2.24) is 9.88 Å². The van der Waals surface area contributed by atoms with Gasteiger partial charge >= 0.3 is 0 Å². The molecule has 1 N–H and O–H groups in total. The number of carbonyl (C=O) groups excluding carboxylic acids is 1. The first-order valence-electron chi connectivity index (χ1n) is 8.45. The van der Waals surface area contributed by atoms with Crippen molar-refractivity contribution in [2.75, 3.05) is 25.0 Å². The number of nitrogens with one attached hydrogen (secondary N) is 1. The Morgan fingerprint density at radius 2 is 2.04 bits per heavy atom. The van der Waals surface area contributed by atoms with Crippen LogP contribution in [0.15, 0.2) is 24.4 Å². The van der Waals surface area contributed by atoms with Gasteiger partial charge in [0.1, 0.15) is 0 Å². The Bertz CT molecular complexity index is 774. The predicted octanol–water partition coefficient (Wildman–Crippen LogP) is 4.09. The second-order valence-corrected chi connectivity index (χ2v) is 8.49. The van der Waals surface area contributed by atoms with Crippen LogP contribution < -0.4 is 5.32 Å². The van der Waals surface area contributed by atoms with Crippen LogP contribution in [0, 0.1) is 0 Å². The molecule has 3 rings (SSSR count). The molecular weight excluding hydrogens is 393 g/mol. The van der Waals surface area contributed by atoms with Crippen molar-refractivity contribution in [2.24, 2.45) is 0 Å². The van der Waals surface area contributed by atoms with Crippen LogP contribution in [0.25, 0.3) is 0 Å². The van der Waals surface area contributed by atoms with Gasteiger partial charge in [0.05, 0.1) is 28.8 Å². The Hall–Kier alpha value is -1.18. The Morgan fingerprint density at radius 1 is 1.31 bits per heavy atom. The van der Waals surface area contributed by atoms with Crippen molar-refractivity contribution in [3.05, 3.63) is 44.9 Å². The molecule has 140 valence electrons. The Kier molecular flexibility index (Phi) is 6.53. The van der Waals surface area contributed by atoms with E-state index in [-0.39, 0.29) is 18.1 Å². The van der Waals surface area contributed by atoms with Crippen LogP contribution >= 0.6 is 34.5 Å². The zero-order chi connectivity index (χ0) is 18.7. The van der Waals surface area contributed by atoms with Gasteiger partial charge in [0.2, 0.25) is 5.91 Å². The summed E-state index contributed by atoms with van der Waals surface area (Å²) in [5, 5.41) is 4.57. The van der Waals surface area contributed by atoms with Crippen molar-refractivity contribution in [3.8, 4) is 0 Å². The minimum Gasteiger partial charge on any atom is -0.373 e. The number of ether oxygens (including phenoxy) is 1. The third kappa shape index (κ3) is 5.41. The topological polar surface area (TPSA) is 54.5 Å². The molecule has 1 fully saturated rings. The first kappa shape index (κ1) is 19.6. The van der Waals surface area contributed by atoms with Gasteiger partial charge in [0.25, 0.3) is 0 Å². The maximum atomic E-state index is 12.3. The lowest BCUT2D eigenvalue weighted by atomic mass is 10.1. The van der Waals surface area contributed by atoms with E-state index < -0.39 is 0 Å². The van der Waals surface area contributed by atoms with E-state index in [1.807, 2.05) is 26.0 Å². The molecule has 1 aliphatic rings. The molecule has 0 unspecified atom stereocenters. The number of nitrogens with zero attached hydrogens (tertiary/aromatic N) is 2. The smallest absolute Gasteiger partial charge is 0.240 e. The van der Waals surface area contributed by atoms with E-state index in [0.29, 0.717) is 28.1 Å². The average Bonchev–Trinajstić information content (AvgIpc) is 2.96. The minimum atomic E-state index is -0.0539. The molecule has 0 saturated carbocycles. The minimum absolute atomic E-state index is 0.0539. The zero-order valence-electron chi connectivity index (χ0n) is 14.7. The average molecular weight is 414 g/mol. The van der Waals surface area contributed by atoms with Crippen molar-refractivity contribution in [3.63, 3.8) is 0 Å². The number of hydrogen-bond donors (Lipinski definition) is 1. The van der Waals surface area contributed by atoms with E-state index >= 15 is 0 Å². The van der Waals surface area contributed by atoms with Crippen LogP contribution in [-0.2, 0) is 16.0 Å². The number of halogens is 2. The highest BCUT2D eigenvalue weighted by Gasteiger charge is 2.23. The fourth-order valence-electron chi connectivity index (χ4n) is 3.07. The highest BCUT2D eigenvalue weighted by molar-refractivity contribution is 7.15. The number of amides is 1. The van der Waals surface area contributed by atoms with Gasteiger partial charge in [0, 0.05) is 30.6 Å². The number of aromatic nitrogens is 1. The quantitative estimate of drug-likeness (QED) is 0.801. The molecular formula is C18H21Cl2N3O2S. The zero-order valence-corrected chi connectivity index (χ0v) is 17.0. The van der Waals surface area contributed by atoms with Crippen molar-refractivity contribution >= 4 is 45.6 Å². The molecule has 1 amide bonds. The summed E-state index contributed by atoms with van der Waals surface area (Å²) in [6.07, 6.45) is 2.76. The number of morpholine rings is 1. The molecule has 0 spiro atoms. The predicted molar refractivity (Wildman–Crippen MR) is 106 cm³/mol. The van der Waals surface area contributed by atoms with Gasteiger partial charge in [0.15, 0.2) is 5.13 Å². The third-order valence-corrected chi connectivity index (χ3v) is 5.68. The molecule has 0 aliphatic carbocycles. The second kappa shape index (κ2) is 8.67. The molecule has 1 saturated heterocycles. The van der Waals surface area contributed by atoms with Gasteiger partial charge < -0.3 is 10.1 Å². The molecule has 5 nitrogen and oxygen atoms in total. The summed E-state index contributed by atoms with van der Waals surface area (Å²) < 4.78 is 5.69. The maximum Gasteiger partial charge on any atom is 0.240 e. The van der Waals surface area contributed by atoms with Crippen LogP contribution in [-0.4, -0.2) is 47.6 Å². The number of rotatable bonds is 5. The van der Waals surface area contributed by atoms with E-state index in [1.54, 1.807) is 12.3 Å². The van der Waals surface area contributed by atoms with Crippen LogP contribution in [0.1, 0.15) is 24.3 Å². The summed E-state index contributed by atoms with van der Waals surface area (Å²) in [5.74, 6) is -0.0539. The molecule has 8 heteroatoms. The normalized spacial score (nSPS) is 20.9. The molecule has 0 bridgehead atoms. The molecule has 2 heterocycles.